The topological polar surface area (TPSA) is 154 Å². The molecular formula is C20H27N7O3Si. The number of hydrogen-bond acceptors (Lipinski definition) is 8. The van der Waals surface area contributed by atoms with Gasteiger partial charge in [0.25, 0.3) is 5.91 Å². The summed E-state index contributed by atoms with van der Waals surface area (Å²) in [6, 6.07) is 5.62. The number of aromatic hydroxyl groups is 1. The second kappa shape index (κ2) is 9.14. The molecule has 0 bridgehead atoms. The molecule has 6 N–H and O–H groups in total. The average Bonchev–Trinajstić information content (AvgIpc) is 3.06. The van der Waals surface area contributed by atoms with Crippen molar-refractivity contribution < 1.29 is 14.6 Å². The average molecular weight is 442 g/mol. The maximum atomic E-state index is 12.4. The van der Waals surface area contributed by atoms with Crippen LogP contribution in [0.2, 0.25) is 25.7 Å². The summed E-state index contributed by atoms with van der Waals surface area (Å²) in [5.74, 6) is -0.0596. The van der Waals surface area contributed by atoms with Crippen molar-refractivity contribution in [1.29, 1.82) is 0 Å². The number of nitrogens with two attached hydrogens (primary N) is 2. The van der Waals surface area contributed by atoms with Crippen molar-refractivity contribution in [2.45, 2.75) is 32.4 Å². The smallest absolute Gasteiger partial charge is 0.254 e. The molecule has 2 heterocycles. The van der Waals surface area contributed by atoms with Crippen LogP contribution in [0, 0.1) is 0 Å². The number of ether oxygens (including phenoxy) is 1. The number of phenols is 1. The molecule has 0 aliphatic heterocycles. The van der Waals surface area contributed by atoms with Gasteiger partial charge >= 0.3 is 0 Å². The Balaban J connectivity index is 2.02. The molecule has 10 nitrogen and oxygen atoms in total. The summed E-state index contributed by atoms with van der Waals surface area (Å²) in [5.41, 5.74) is 12.6. The maximum Gasteiger partial charge on any atom is 0.254 e. The Bertz CT molecular complexity index is 1060. The number of benzene rings is 1. The van der Waals surface area contributed by atoms with Crippen molar-refractivity contribution >= 4 is 31.3 Å². The predicted octanol–water partition coefficient (Wildman–Crippen LogP) is 2.78. The van der Waals surface area contributed by atoms with Gasteiger partial charge in [-0.05, 0) is 18.2 Å². The van der Waals surface area contributed by atoms with Crippen LogP contribution in [0.3, 0.4) is 0 Å². The van der Waals surface area contributed by atoms with Gasteiger partial charge < -0.3 is 26.6 Å². The van der Waals surface area contributed by atoms with E-state index in [0.717, 1.165) is 6.04 Å². The van der Waals surface area contributed by atoms with Crippen molar-refractivity contribution in [3.05, 3.63) is 42.4 Å². The lowest BCUT2D eigenvalue weighted by Gasteiger charge is -2.16. The number of nitrogens with zero attached hydrogens (tertiary/aromatic N) is 4. The Morgan fingerprint density at radius 2 is 2.06 bits per heavy atom. The first-order valence-electron chi connectivity index (χ1n) is 9.76. The number of anilines is 3. The molecule has 0 aliphatic rings. The van der Waals surface area contributed by atoms with Gasteiger partial charge in [-0.1, -0.05) is 25.7 Å². The molecule has 164 valence electrons. The molecule has 3 aromatic rings. The minimum absolute atomic E-state index is 0.105. The highest BCUT2D eigenvalue weighted by Crippen LogP contribution is 2.33. The highest BCUT2D eigenvalue weighted by molar-refractivity contribution is 6.76. The van der Waals surface area contributed by atoms with Crippen molar-refractivity contribution in [3.63, 3.8) is 0 Å². The van der Waals surface area contributed by atoms with Gasteiger partial charge in [-0.15, -0.1) is 0 Å². The van der Waals surface area contributed by atoms with E-state index in [4.69, 9.17) is 16.2 Å². The molecule has 0 fully saturated rings. The number of phenolic OH excluding ortho intramolecular Hbond substituents is 1. The van der Waals surface area contributed by atoms with Gasteiger partial charge in [-0.25, -0.2) is 9.67 Å². The van der Waals surface area contributed by atoms with E-state index in [1.165, 1.54) is 29.2 Å². The summed E-state index contributed by atoms with van der Waals surface area (Å²) in [4.78, 5) is 20.6. The monoisotopic (exact) mass is 441 g/mol. The third-order valence-electron chi connectivity index (χ3n) is 4.52. The zero-order valence-corrected chi connectivity index (χ0v) is 18.8. The lowest BCUT2D eigenvalue weighted by Crippen LogP contribution is -2.22. The van der Waals surface area contributed by atoms with Gasteiger partial charge in [0.05, 0.1) is 11.9 Å². The number of carbonyl (C=O) groups is 1. The summed E-state index contributed by atoms with van der Waals surface area (Å²) in [6.07, 6.45) is 4.58. The van der Waals surface area contributed by atoms with Crippen molar-refractivity contribution in [1.82, 2.24) is 19.7 Å². The number of amides is 1. The molecule has 1 amide bonds. The summed E-state index contributed by atoms with van der Waals surface area (Å²) < 4.78 is 7.35. The van der Waals surface area contributed by atoms with E-state index in [1.807, 2.05) is 0 Å². The van der Waals surface area contributed by atoms with Crippen LogP contribution < -0.4 is 16.8 Å². The van der Waals surface area contributed by atoms with Crippen LogP contribution in [0.15, 0.2) is 36.8 Å². The molecule has 0 spiro atoms. The molecule has 11 heteroatoms. The van der Waals surface area contributed by atoms with Crippen LogP contribution in [-0.2, 0) is 11.5 Å². The number of rotatable bonds is 9. The Morgan fingerprint density at radius 1 is 1.29 bits per heavy atom. The third-order valence-corrected chi connectivity index (χ3v) is 6.23. The van der Waals surface area contributed by atoms with Crippen LogP contribution in [0.25, 0.3) is 11.3 Å². The summed E-state index contributed by atoms with van der Waals surface area (Å²) >= 11 is 0. The lowest BCUT2D eigenvalue weighted by atomic mass is 10.1. The molecule has 0 unspecified atom stereocenters. The standard InChI is InChI=1S/C20H27N7O3Si/c1-31(2,3)9-8-30-12-27-20(25-16-11-23-6-7-24-16)17(19(22)29)18(26-27)13-4-5-14(21)15(28)10-13/h4-7,10-11,28H,8-9,12,21H2,1-3H3,(H2,22,29)(H,24,25). The van der Waals surface area contributed by atoms with E-state index >= 15 is 0 Å². The van der Waals surface area contributed by atoms with Gasteiger partial charge in [0.2, 0.25) is 0 Å². The third kappa shape index (κ3) is 5.58. The number of primary amides is 1. The molecular weight excluding hydrogens is 414 g/mol. The first-order valence-corrected chi connectivity index (χ1v) is 13.5. The first kappa shape index (κ1) is 22.2. The molecule has 1 aromatic carbocycles. The fraction of sp³-hybridized carbons (Fsp3) is 0.300. The molecule has 0 aliphatic carbocycles. The number of hydrogen-bond donors (Lipinski definition) is 4. The lowest BCUT2D eigenvalue weighted by molar-refractivity contribution is 0.0802. The Morgan fingerprint density at radius 3 is 2.68 bits per heavy atom. The second-order valence-corrected chi connectivity index (χ2v) is 13.9. The molecule has 0 atom stereocenters. The zero-order valence-electron chi connectivity index (χ0n) is 17.8. The minimum Gasteiger partial charge on any atom is -0.506 e. The van der Waals surface area contributed by atoms with E-state index in [-0.39, 0.29) is 23.7 Å². The van der Waals surface area contributed by atoms with E-state index in [9.17, 15) is 9.90 Å². The summed E-state index contributed by atoms with van der Waals surface area (Å²) in [7, 11) is -1.26. The van der Waals surface area contributed by atoms with Crippen LogP contribution in [0.1, 0.15) is 10.4 Å². The fourth-order valence-corrected chi connectivity index (χ4v) is 3.58. The molecule has 0 saturated carbocycles. The quantitative estimate of drug-likeness (QED) is 0.171. The first-order chi connectivity index (χ1) is 14.7. The number of aromatic nitrogens is 4. The van der Waals surface area contributed by atoms with E-state index < -0.39 is 14.0 Å². The second-order valence-electron chi connectivity index (χ2n) is 8.27. The number of carbonyl (C=O) groups excluding carboxylic acids is 1. The number of nitrogen functional groups attached to an aromatic ring is 1. The molecule has 31 heavy (non-hydrogen) atoms. The highest BCUT2D eigenvalue weighted by Gasteiger charge is 2.25. The van der Waals surface area contributed by atoms with Gasteiger partial charge in [0.15, 0.2) is 0 Å². The van der Waals surface area contributed by atoms with Crippen LogP contribution >= 0.6 is 0 Å². The molecule has 0 saturated heterocycles. The largest absolute Gasteiger partial charge is 0.506 e. The van der Waals surface area contributed by atoms with Gasteiger partial charge in [-0.2, -0.15) is 5.10 Å². The van der Waals surface area contributed by atoms with Gasteiger partial charge in [0.1, 0.15) is 35.4 Å². The Hall–Kier alpha value is -3.44. The summed E-state index contributed by atoms with van der Waals surface area (Å²) in [5, 5.41) is 17.6. The van der Waals surface area contributed by atoms with Gasteiger partial charge in [0, 0.05) is 32.6 Å². The van der Waals surface area contributed by atoms with Crippen molar-refractivity contribution in [2.24, 2.45) is 5.73 Å². The summed E-state index contributed by atoms with van der Waals surface area (Å²) in [6.45, 7) is 7.48. The predicted molar refractivity (Wildman–Crippen MR) is 122 cm³/mol. The normalized spacial score (nSPS) is 11.5. The van der Waals surface area contributed by atoms with E-state index in [2.05, 4.69) is 40.0 Å². The van der Waals surface area contributed by atoms with Crippen molar-refractivity contribution in [2.75, 3.05) is 17.7 Å². The van der Waals surface area contributed by atoms with E-state index in [1.54, 1.807) is 12.3 Å². The fourth-order valence-electron chi connectivity index (χ4n) is 2.82. The van der Waals surface area contributed by atoms with Crippen LogP contribution in [0.5, 0.6) is 5.75 Å². The molecule has 3 rings (SSSR count). The van der Waals surface area contributed by atoms with Crippen LogP contribution in [0.4, 0.5) is 17.3 Å². The minimum atomic E-state index is -1.26. The molecule has 0 radical (unpaired) electrons. The van der Waals surface area contributed by atoms with Crippen molar-refractivity contribution in [3.8, 4) is 17.0 Å². The van der Waals surface area contributed by atoms with E-state index in [0.29, 0.717) is 29.5 Å². The maximum absolute atomic E-state index is 12.4. The SMILES string of the molecule is C[Si](C)(C)CCOCn1nc(-c2ccc(N)c(O)c2)c(C(N)=O)c1Nc1cnccn1. The Kier molecular flexibility index (Phi) is 6.56. The highest BCUT2D eigenvalue weighted by atomic mass is 28.3. The zero-order chi connectivity index (χ0) is 22.6. The molecule has 2 aromatic heterocycles. The van der Waals surface area contributed by atoms with Crippen LogP contribution in [-0.4, -0.2) is 45.4 Å². The van der Waals surface area contributed by atoms with Gasteiger partial charge in [-0.3, -0.25) is 9.78 Å². The number of nitrogens with one attached hydrogen (secondary N) is 1. The Labute approximate surface area is 181 Å².